The van der Waals surface area contributed by atoms with Crippen molar-refractivity contribution in [1.82, 2.24) is 0 Å². The molecular formula is C8H5N2-. The summed E-state index contributed by atoms with van der Waals surface area (Å²) in [5, 5.41) is 14.5. The lowest BCUT2D eigenvalue weighted by Gasteiger charge is -1.80. The summed E-state index contributed by atoms with van der Waals surface area (Å²) in [6, 6.07) is 11.2. The molecule has 0 atom stereocenters. The minimum absolute atomic E-state index is 0.715. The average molecular weight is 129 g/mol. The van der Waals surface area contributed by atoms with E-state index in [4.69, 9.17) is 17.1 Å². The molecule has 0 aliphatic carbocycles. The molecule has 0 N–H and O–H groups in total. The highest BCUT2D eigenvalue weighted by Gasteiger charge is 1.79. The lowest BCUT2D eigenvalue weighted by molar-refractivity contribution is 1.49. The van der Waals surface area contributed by atoms with Gasteiger partial charge < -0.3 is 11.8 Å². The van der Waals surface area contributed by atoms with Crippen molar-refractivity contribution in [2.24, 2.45) is 0 Å². The molecule has 1 rings (SSSR count). The van der Waals surface area contributed by atoms with Crippen molar-refractivity contribution in [3.8, 4) is 6.07 Å². The fourth-order valence-electron chi connectivity index (χ4n) is 0.513. The highest BCUT2D eigenvalue weighted by atomic mass is 14.2. The molecule has 0 aliphatic heterocycles. The summed E-state index contributed by atoms with van der Waals surface area (Å²) in [4.78, 5) is 0. The highest BCUT2D eigenvalue weighted by Crippen LogP contribution is 1.92. The molecule has 0 saturated carbocycles. The quantitative estimate of drug-likeness (QED) is 0.500. The molecule has 0 saturated heterocycles. The van der Waals surface area contributed by atoms with Gasteiger partial charge in [-0.05, 0) is 12.1 Å². The maximum Gasteiger partial charge on any atom is 0.0991 e. The third-order valence-electron chi connectivity index (χ3n) is 0.903. The molecule has 0 aliphatic rings. The average Bonchev–Trinajstić information content (AvgIpc) is 2.10. The van der Waals surface area contributed by atoms with Crippen LogP contribution >= 0.6 is 0 Å². The van der Waals surface area contributed by atoms with Gasteiger partial charge in [0.1, 0.15) is 0 Å². The Balaban J connectivity index is 0.000000371. The summed E-state index contributed by atoms with van der Waals surface area (Å²) in [6.07, 6.45) is 0. The van der Waals surface area contributed by atoms with Gasteiger partial charge in [0.2, 0.25) is 0 Å². The van der Waals surface area contributed by atoms with Gasteiger partial charge in [0.05, 0.1) is 11.6 Å². The maximum atomic E-state index is 8.29. The molecule has 0 aromatic heterocycles. The number of benzene rings is 1. The topological polar surface area (TPSA) is 47.6 Å². The van der Waals surface area contributed by atoms with Gasteiger partial charge in [-0.25, -0.2) is 0 Å². The Morgan fingerprint density at radius 2 is 1.60 bits per heavy atom. The van der Waals surface area contributed by atoms with Gasteiger partial charge in [0.15, 0.2) is 0 Å². The van der Waals surface area contributed by atoms with Crippen molar-refractivity contribution < 1.29 is 0 Å². The molecule has 0 heterocycles. The van der Waals surface area contributed by atoms with Gasteiger partial charge in [-0.15, -0.1) is 0 Å². The van der Waals surface area contributed by atoms with Crippen LogP contribution in [0.2, 0.25) is 0 Å². The van der Waals surface area contributed by atoms with Crippen molar-refractivity contribution >= 4 is 0 Å². The zero-order valence-corrected chi connectivity index (χ0v) is 5.28. The van der Waals surface area contributed by atoms with E-state index in [0.29, 0.717) is 5.56 Å². The smallest absolute Gasteiger partial charge is 0.0991 e. The second-order valence-corrected chi connectivity index (χ2v) is 1.48. The van der Waals surface area contributed by atoms with Crippen LogP contribution in [0.25, 0.3) is 0 Å². The van der Waals surface area contributed by atoms with Crippen molar-refractivity contribution in [2.75, 3.05) is 0 Å². The van der Waals surface area contributed by atoms with Gasteiger partial charge in [-0.3, -0.25) is 0 Å². The van der Waals surface area contributed by atoms with Gasteiger partial charge in [0.25, 0.3) is 0 Å². The van der Waals surface area contributed by atoms with Crippen LogP contribution in [-0.4, -0.2) is 0 Å². The molecule has 2 heteroatoms. The fourth-order valence-corrected chi connectivity index (χ4v) is 0.513. The first-order valence-corrected chi connectivity index (χ1v) is 2.61. The number of rotatable bonds is 0. The van der Waals surface area contributed by atoms with Crippen LogP contribution in [0.3, 0.4) is 0 Å². The van der Waals surface area contributed by atoms with Crippen LogP contribution in [-0.2, 0) is 0 Å². The molecule has 0 unspecified atom stereocenters. The van der Waals surface area contributed by atoms with E-state index >= 15 is 0 Å². The minimum atomic E-state index is 0.715. The molecule has 0 bridgehead atoms. The van der Waals surface area contributed by atoms with Gasteiger partial charge in [-0.1, -0.05) is 18.2 Å². The van der Waals surface area contributed by atoms with Crippen LogP contribution in [0.4, 0.5) is 0 Å². The van der Waals surface area contributed by atoms with Gasteiger partial charge in [0, 0.05) is 0 Å². The normalized spacial score (nSPS) is 6.50. The standard InChI is InChI=1S/C7H5N.CN/c8-6-7-4-2-1-3-5-7;1-2/h1-5H;/q;-1. The lowest BCUT2D eigenvalue weighted by Crippen LogP contribution is -1.66. The van der Waals surface area contributed by atoms with E-state index < -0.39 is 0 Å². The summed E-state index contributed by atoms with van der Waals surface area (Å²) < 4.78 is 0. The number of hydrogen-bond acceptors (Lipinski definition) is 2. The summed E-state index contributed by atoms with van der Waals surface area (Å²) in [6.45, 7) is 4.75. The Labute approximate surface area is 60.0 Å². The summed E-state index contributed by atoms with van der Waals surface area (Å²) in [7, 11) is 0. The third-order valence-corrected chi connectivity index (χ3v) is 0.903. The monoisotopic (exact) mass is 129 g/mol. The van der Waals surface area contributed by atoms with E-state index in [1.54, 1.807) is 12.1 Å². The Hall–Kier alpha value is -1.80. The Kier molecular flexibility index (Phi) is 4.38. The largest absolute Gasteiger partial charge is 0.512 e. The van der Waals surface area contributed by atoms with E-state index in [0.717, 1.165) is 0 Å². The lowest BCUT2D eigenvalue weighted by atomic mass is 10.2. The fraction of sp³-hybridized carbons (Fsp3) is 0. The molecule has 1 aromatic carbocycles. The van der Waals surface area contributed by atoms with Crippen molar-refractivity contribution in [3.05, 3.63) is 42.5 Å². The molecule has 2 nitrogen and oxygen atoms in total. The Morgan fingerprint density at radius 1 is 1.10 bits per heavy atom. The third kappa shape index (κ3) is 2.49. The van der Waals surface area contributed by atoms with Gasteiger partial charge >= 0.3 is 0 Å². The van der Waals surface area contributed by atoms with Crippen LogP contribution in [0.15, 0.2) is 30.3 Å². The van der Waals surface area contributed by atoms with E-state index in [-0.39, 0.29) is 0 Å². The first-order valence-electron chi connectivity index (χ1n) is 2.61. The van der Waals surface area contributed by atoms with Crippen LogP contribution in [0.1, 0.15) is 5.56 Å². The SMILES string of the molecule is N#Cc1ccccc1.[C-]#N. The molecule has 0 amide bonds. The molecule has 1 aromatic rings. The second-order valence-electron chi connectivity index (χ2n) is 1.48. The number of nitriles is 1. The summed E-state index contributed by atoms with van der Waals surface area (Å²) >= 11 is 0. The summed E-state index contributed by atoms with van der Waals surface area (Å²) in [5.74, 6) is 0. The van der Waals surface area contributed by atoms with Crippen LogP contribution in [0.5, 0.6) is 0 Å². The molecule has 0 spiro atoms. The van der Waals surface area contributed by atoms with E-state index in [1.807, 2.05) is 24.3 Å². The first kappa shape index (κ1) is 8.20. The maximum absolute atomic E-state index is 8.29. The predicted octanol–water partition coefficient (Wildman–Crippen LogP) is 1.65. The number of nitrogens with zero attached hydrogens (tertiary/aromatic N) is 2. The zero-order valence-electron chi connectivity index (χ0n) is 5.28. The molecule has 48 valence electrons. The Morgan fingerprint density at radius 3 is 1.90 bits per heavy atom. The molecule has 0 radical (unpaired) electrons. The Bertz CT molecular complexity index is 230. The predicted molar refractivity (Wildman–Crippen MR) is 36.1 cm³/mol. The molecule has 0 fully saturated rings. The molecular weight excluding hydrogens is 124 g/mol. The van der Waals surface area contributed by atoms with Crippen molar-refractivity contribution in [3.63, 3.8) is 0 Å². The molecule has 10 heavy (non-hydrogen) atoms. The minimum Gasteiger partial charge on any atom is -0.512 e. The van der Waals surface area contributed by atoms with Crippen LogP contribution < -0.4 is 0 Å². The van der Waals surface area contributed by atoms with E-state index in [1.165, 1.54) is 0 Å². The van der Waals surface area contributed by atoms with Crippen molar-refractivity contribution in [2.45, 2.75) is 0 Å². The highest BCUT2D eigenvalue weighted by molar-refractivity contribution is 5.27. The first-order chi connectivity index (χ1) is 4.93. The van der Waals surface area contributed by atoms with E-state index in [2.05, 4.69) is 0 Å². The van der Waals surface area contributed by atoms with Crippen LogP contribution in [0, 0.1) is 23.2 Å². The van der Waals surface area contributed by atoms with E-state index in [9.17, 15) is 0 Å². The number of hydrogen-bond donors (Lipinski definition) is 0. The van der Waals surface area contributed by atoms with Gasteiger partial charge in [-0.2, -0.15) is 5.26 Å². The van der Waals surface area contributed by atoms with Crippen molar-refractivity contribution in [1.29, 1.82) is 10.5 Å². The zero-order chi connectivity index (χ0) is 7.82. The summed E-state index contributed by atoms with van der Waals surface area (Å²) in [5.41, 5.74) is 0.715. The second kappa shape index (κ2) is 5.34.